The lowest BCUT2D eigenvalue weighted by Gasteiger charge is -2.35. The highest BCUT2D eigenvalue weighted by Crippen LogP contribution is 2.59. The van der Waals surface area contributed by atoms with E-state index in [2.05, 4.69) is 0 Å². The number of rotatable bonds is 6. The molecule has 4 aliphatic heterocycles. The fraction of sp³-hybridized carbons (Fsp3) is 0.222. The first-order chi connectivity index (χ1) is 22.4. The first-order valence-electron chi connectivity index (χ1n) is 15.1. The van der Waals surface area contributed by atoms with Crippen molar-refractivity contribution in [2.75, 3.05) is 24.0 Å². The number of imide groups is 2. The number of hydrogen-bond donors (Lipinski definition) is 0. The van der Waals surface area contributed by atoms with Crippen LogP contribution in [0.5, 0.6) is 11.5 Å². The molecule has 46 heavy (non-hydrogen) atoms. The van der Waals surface area contributed by atoms with Crippen LogP contribution in [0.1, 0.15) is 23.2 Å². The second-order valence-corrected chi connectivity index (χ2v) is 11.8. The van der Waals surface area contributed by atoms with Crippen LogP contribution in [0.2, 0.25) is 0 Å². The summed E-state index contributed by atoms with van der Waals surface area (Å²) >= 11 is 0. The van der Waals surface area contributed by atoms with Crippen molar-refractivity contribution in [2.24, 2.45) is 11.8 Å². The molecule has 6 atom stereocenters. The van der Waals surface area contributed by atoms with E-state index in [0.717, 1.165) is 11.1 Å². The number of anilines is 2. The first-order valence-corrected chi connectivity index (χ1v) is 15.1. The van der Waals surface area contributed by atoms with Gasteiger partial charge >= 0.3 is 0 Å². The van der Waals surface area contributed by atoms with E-state index in [-0.39, 0.29) is 11.8 Å². The van der Waals surface area contributed by atoms with E-state index in [1.54, 1.807) is 62.8 Å². The van der Waals surface area contributed by atoms with Crippen molar-refractivity contribution in [1.29, 1.82) is 0 Å². The van der Waals surface area contributed by atoms with Gasteiger partial charge in [-0.15, -0.1) is 0 Å². The van der Waals surface area contributed by atoms with Crippen molar-refractivity contribution in [1.82, 2.24) is 10.0 Å². The topological polar surface area (TPSA) is 99.7 Å². The Bertz CT molecular complexity index is 1710. The Labute approximate surface area is 265 Å². The molecule has 0 unspecified atom stereocenters. The van der Waals surface area contributed by atoms with E-state index in [9.17, 15) is 19.2 Å². The summed E-state index contributed by atoms with van der Waals surface area (Å²) in [6.45, 7) is 0. The molecule has 0 spiro atoms. The third kappa shape index (κ3) is 3.90. The number of nitrogens with zero attached hydrogens (tertiary/aromatic N) is 4. The smallest absolute Gasteiger partial charge is 0.253 e. The third-order valence-electron chi connectivity index (χ3n) is 9.67. The largest absolute Gasteiger partial charge is 0.497 e. The molecule has 4 fully saturated rings. The SMILES string of the molecule is COc1ccc(N2C(=O)[C@H]3[C@@H](c4ccccc4)N4[C@H]5C(=O)N(c6ccc(OC)cc6)C(=O)[C@H]5[C@@H](c5ccccc5)N4[C@H]3C2=O)cc1. The number of carbonyl (C=O) groups is 4. The van der Waals surface area contributed by atoms with Crippen LogP contribution >= 0.6 is 0 Å². The molecule has 0 aromatic heterocycles. The number of hydrogen-bond acceptors (Lipinski definition) is 8. The zero-order chi connectivity index (χ0) is 31.7. The van der Waals surface area contributed by atoms with Crippen molar-refractivity contribution in [3.63, 3.8) is 0 Å². The molecule has 230 valence electrons. The molecule has 4 saturated heterocycles. The van der Waals surface area contributed by atoms with E-state index >= 15 is 0 Å². The second kappa shape index (κ2) is 10.6. The van der Waals surface area contributed by atoms with Crippen molar-refractivity contribution in [2.45, 2.75) is 24.2 Å². The van der Waals surface area contributed by atoms with Gasteiger partial charge in [0.25, 0.3) is 11.8 Å². The molecule has 4 amide bonds. The Morgan fingerprint density at radius 1 is 0.435 bits per heavy atom. The fourth-order valence-corrected chi connectivity index (χ4v) is 7.77. The van der Waals surface area contributed by atoms with Crippen LogP contribution in [0.4, 0.5) is 11.4 Å². The lowest BCUT2D eigenvalue weighted by Crippen LogP contribution is -2.50. The quantitative estimate of drug-likeness (QED) is 0.299. The van der Waals surface area contributed by atoms with Crippen LogP contribution < -0.4 is 19.3 Å². The number of amides is 4. The fourth-order valence-electron chi connectivity index (χ4n) is 7.77. The summed E-state index contributed by atoms with van der Waals surface area (Å²) in [5.41, 5.74) is 2.45. The standard InChI is InChI=1S/C36H30N4O6/c1-45-25-17-13-23(14-18-25)37-33(41)27-29(21-9-5-3-6-10-21)40-32-28(30(22-11-7-4-8-12-22)39(40)31(27)35(37)43)34(42)38(36(32)44)24-15-19-26(46-2)20-16-24/h3-20,27-32H,1-2H3/t27-,28-,29+,30+,31+,32+/m0/s1. The normalized spacial score (nSPS) is 27.3. The van der Waals surface area contributed by atoms with E-state index in [0.29, 0.717) is 22.9 Å². The van der Waals surface area contributed by atoms with Gasteiger partial charge in [-0.05, 0) is 59.7 Å². The van der Waals surface area contributed by atoms with Crippen molar-refractivity contribution in [3.05, 3.63) is 120 Å². The average Bonchev–Trinajstić information content (AvgIpc) is 3.77. The molecule has 10 heteroatoms. The molecule has 4 aromatic carbocycles. The van der Waals surface area contributed by atoms with Gasteiger partial charge in [0.05, 0.1) is 49.5 Å². The van der Waals surface area contributed by atoms with Gasteiger partial charge in [0, 0.05) is 0 Å². The Balaban J connectivity index is 1.29. The molecule has 4 heterocycles. The second-order valence-electron chi connectivity index (χ2n) is 11.8. The van der Waals surface area contributed by atoms with Gasteiger partial charge in [0.2, 0.25) is 11.8 Å². The van der Waals surface area contributed by atoms with Crippen LogP contribution in [0.15, 0.2) is 109 Å². The predicted molar refractivity (Wildman–Crippen MR) is 168 cm³/mol. The van der Waals surface area contributed by atoms with Gasteiger partial charge in [-0.25, -0.2) is 19.8 Å². The van der Waals surface area contributed by atoms with E-state index in [4.69, 9.17) is 9.47 Å². The number of fused-ring (bicyclic) bond motifs is 5. The highest BCUT2D eigenvalue weighted by atomic mass is 16.5. The van der Waals surface area contributed by atoms with Gasteiger partial charge in [0.1, 0.15) is 23.6 Å². The molecule has 8 rings (SSSR count). The van der Waals surface area contributed by atoms with Crippen LogP contribution in [-0.2, 0) is 19.2 Å². The highest BCUT2D eigenvalue weighted by molar-refractivity contribution is 6.26. The van der Waals surface area contributed by atoms with E-state index < -0.39 is 47.8 Å². The van der Waals surface area contributed by atoms with Gasteiger partial charge in [-0.3, -0.25) is 19.2 Å². The molecule has 0 N–H and O–H groups in total. The molecule has 4 aromatic rings. The Morgan fingerprint density at radius 3 is 1.11 bits per heavy atom. The molecule has 0 bridgehead atoms. The monoisotopic (exact) mass is 614 g/mol. The number of methoxy groups -OCH3 is 2. The van der Waals surface area contributed by atoms with Gasteiger partial charge in [-0.2, -0.15) is 0 Å². The number of carbonyl (C=O) groups excluding carboxylic acids is 4. The predicted octanol–water partition coefficient (Wildman–Crippen LogP) is 4.15. The van der Waals surface area contributed by atoms with Crippen LogP contribution in [0, 0.1) is 11.8 Å². The van der Waals surface area contributed by atoms with Crippen LogP contribution in [0.3, 0.4) is 0 Å². The molecule has 0 aliphatic carbocycles. The zero-order valence-electron chi connectivity index (χ0n) is 25.1. The van der Waals surface area contributed by atoms with Gasteiger partial charge < -0.3 is 9.47 Å². The maximum absolute atomic E-state index is 14.5. The lowest BCUT2D eigenvalue weighted by atomic mass is 9.84. The summed E-state index contributed by atoms with van der Waals surface area (Å²) in [4.78, 5) is 60.3. The zero-order valence-corrected chi connectivity index (χ0v) is 25.1. The molecule has 4 aliphatic rings. The maximum Gasteiger partial charge on any atom is 0.253 e. The molecular weight excluding hydrogens is 584 g/mol. The maximum atomic E-state index is 14.5. The summed E-state index contributed by atoms with van der Waals surface area (Å²) in [7, 11) is 3.11. The minimum Gasteiger partial charge on any atom is -0.497 e. The minimum absolute atomic E-state index is 0.351. The van der Waals surface area contributed by atoms with Crippen molar-refractivity contribution < 1.29 is 28.7 Å². The number of ether oxygens (including phenoxy) is 2. The minimum atomic E-state index is -0.925. The van der Waals surface area contributed by atoms with Gasteiger partial charge in [-0.1, -0.05) is 60.7 Å². The summed E-state index contributed by atoms with van der Waals surface area (Å²) in [5, 5.41) is 3.75. The Hall–Kier alpha value is -5.32. The summed E-state index contributed by atoms with van der Waals surface area (Å²) in [5.74, 6) is -1.92. The first kappa shape index (κ1) is 28.2. The number of benzene rings is 4. The molecule has 0 saturated carbocycles. The summed E-state index contributed by atoms with van der Waals surface area (Å²) in [6, 6.07) is 29.3. The van der Waals surface area contributed by atoms with Gasteiger partial charge in [0.15, 0.2) is 0 Å². The van der Waals surface area contributed by atoms with Crippen LogP contribution in [-0.4, -0.2) is 59.9 Å². The van der Waals surface area contributed by atoms with Crippen LogP contribution in [0.25, 0.3) is 0 Å². The lowest BCUT2D eigenvalue weighted by molar-refractivity contribution is -0.136. The van der Waals surface area contributed by atoms with E-state index in [1.807, 2.05) is 70.7 Å². The summed E-state index contributed by atoms with van der Waals surface area (Å²) < 4.78 is 10.6. The number of hydrazine groups is 1. The van der Waals surface area contributed by atoms with Crippen molar-refractivity contribution >= 4 is 35.0 Å². The third-order valence-corrected chi connectivity index (χ3v) is 9.67. The van der Waals surface area contributed by atoms with E-state index in [1.165, 1.54) is 9.80 Å². The molecule has 10 nitrogen and oxygen atoms in total. The highest BCUT2D eigenvalue weighted by Gasteiger charge is 2.73. The Morgan fingerprint density at radius 2 is 0.783 bits per heavy atom. The Kier molecular flexibility index (Phi) is 6.52. The van der Waals surface area contributed by atoms with Crippen molar-refractivity contribution in [3.8, 4) is 11.5 Å². The average molecular weight is 615 g/mol. The summed E-state index contributed by atoms with van der Waals surface area (Å²) in [6.07, 6.45) is 0. The molecule has 0 radical (unpaired) electrons. The molecular formula is C36H30N4O6.